The van der Waals surface area contributed by atoms with Gasteiger partial charge in [0.2, 0.25) is 10.0 Å². The second-order valence-corrected chi connectivity index (χ2v) is 10.9. The van der Waals surface area contributed by atoms with Crippen molar-refractivity contribution >= 4 is 51.1 Å². The lowest BCUT2D eigenvalue weighted by molar-refractivity contribution is -0.158. The van der Waals surface area contributed by atoms with Crippen LogP contribution in [0.4, 0.5) is 0 Å². The van der Waals surface area contributed by atoms with Gasteiger partial charge in [-0.2, -0.15) is 4.31 Å². The standard InChI is InChI=1S/C22H28Cl2N2O7S/c1-2-32-21(28)15-6-10-25(11-7-15)19(27)14-33-22(29)16-8-12-26(13-9-16)34(30,31)20-17(23)4-3-5-18(20)24/h3-5,15-16H,2,6-14H2,1H3. The maximum Gasteiger partial charge on any atom is 0.309 e. The molecule has 12 heteroatoms. The van der Waals surface area contributed by atoms with Gasteiger partial charge in [-0.15, -0.1) is 0 Å². The molecule has 9 nitrogen and oxygen atoms in total. The zero-order valence-corrected chi connectivity index (χ0v) is 21.2. The molecule has 0 aliphatic carbocycles. The number of hydrogen-bond donors (Lipinski definition) is 0. The largest absolute Gasteiger partial charge is 0.466 e. The monoisotopic (exact) mass is 534 g/mol. The summed E-state index contributed by atoms with van der Waals surface area (Å²) < 4.78 is 37.4. The highest BCUT2D eigenvalue weighted by atomic mass is 35.5. The first-order chi connectivity index (χ1) is 16.1. The van der Waals surface area contributed by atoms with Crippen LogP contribution in [0.3, 0.4) is 0 Å². The highest BCUT2D eigenvalue weighted by molar-refractivity contribution is 7.89. The summed E-state index contributed by atoms with van der Waals surface area (Å²) in [6.45, 7) is 2.73. The van der Waals surface area contributed by atoms with Gasteiger partial charge in [-0.3, -0.25) is 14.4 Å². The van der Waals surface area contributed by atoms with E-state index in [1.807, 2.05) is 0 Å². The Morgan fingerprint density at radius 1 is 0.912 bits per heavy atom. The molecule has 2 aliphatic heterocycles. The van der Waals surface area contributed by atoms with Gasteiger partial charge in [-0.1, -0.05) is 29.3 Å². The van der Waals surface area contributed by atoms with Crippen LogP contribution in [0.15, 0.2) is 23.1 Å². The number of benzene rings is 1. The number of halogens is 2. The third kappa shape index (κ3) is 6.21. The molecular weight excluding hydrogens is 507 g/mol. The van der Waals surface area contributed by atoms with Crippen molar-refractivity contribution in [3.8, 4) is 0 Å². The average molecular weight is 535 g/mol. The molecule has 0 bridgehead atoms. The normalized spacial score (nSPS) is 18.5. The van der Waals surface area contributed by atoms with E-state index in [9.17, 15) is 22.8 Å². The third-order valence-corrected chi connectivity index (χ3v) is 8.96. The number of hydrogen-bond acceptors (Lipinski definition) is 7. The fourth-order valence-corrected chi connectivity index (χ4v) is 6.72. The number of sulfonamides is 1. The van der Waals surface area contributed by atoms with Crippen molar-refractivity contribution in [2.24, 2.45) is 11.8 Å². The Labute approximate surface area is 209 Å². The summed E-state index contributed by atoms with van der Waals surface area (Å²) in [6, 6.07) is 4.48. The van der Waals surface area contributed by atoms with Crippen LogP contribution >= 0.6 is 23.2 Å². The van der Waals surface area contributed by atoms with Crippen molar-refractivity contribution in [3.63, 3.8) is 0 Å². The molecule has 34 heavy (non-hydrogen) atoms. The molecule has 3 rings (SSSR count). The minimum atomic E-state index is -3.90. The van der Waals surface area contributed by atoms with E-state index in [-0.39, 0.29) is 65.3 Å². The van der Waals surface area contributed by atoms with Crippen LogP contribution in [-0.2, 0) is 33.9 Å². The molecule has 188 valence electrons. The maximum atomic E-state index is 13.0. The first-order valence-corrected chi connectivity index (χ1v) is 13.4. The summed E-state index contributed by atoms with van der Waals surface area (Å²) in [5.41, 5.74) is 0. The lowest BCUT2D eigenvalue weighted by Crippen LogP contribution is -2.43. The molecule has 0 N–H and O–H groups in total. The van der Waals surface area contributed by atoms with Crippen molar-refractivity contribution < 1.29 is 32.3 Å². The number of amides is 1. The van der Waals surface area contributed by atoms with E-state index in [0.717, 1.165) is 0 Å². The Bertz CT molecular complexity index is 998. The number of ether oxygens (including phenoxy) is 2. The lowest BCUT2D eigenvalue weighted by Gasteiger charge is -2.32. The fraction of sp³-hybridized carbons (Fsp3) is 0.591. The van der Waals surface area contributed by atoms with Gasteiger partial charge < -0.3 is 14.4 Å². The Morgan fingerprint density at radius 3 is 1.94 bits per heavy atom. The van der Waals surface area contributed by atoms with Crippen LogP contribution in [0, 0.1) is 11.8 Å². The van der Waals surface area contributed by atoms with Crippen LogP contribution in [0.25, 0.3) is 0 Å². The fourth-order valence-electron chi connectivity index (χ4n) is 4.16. The van der Waals surface area contributed by atoms with E-state index in [1.165, 1.54) is 16.4 Å². The molecule has 0 aromatic heterocycles. The zero-order valence-electron chi connectivity index (χ0n) is 18.9. The molecule has 0 atom stereocenters. The number of likely N-dealkylation sites (tertiary alicyclic amines) is 1. The summed E-state index contributed by atoms with van der Waals surface area (Å²) in [6.07, 6.45) is 1.56. The minimum absolute atomic E-state index is 0.0406. The number of esters is 2. The molecule has 0 radical (unpaired) electrons. The SMILES string of the molecule is CCOC(=O)C1CCN(C(=O)COC(=O)C2CCN(S(=O)(=O)c3c(Cl)cccc3Cl)CC2)CC1. The van der Waals surface area contributed by atoms with E-state index >= 15 is 0 Å². The Hall–Kier alpha value is -1.88. The van der Waals surface area contributed by atoms with Gasteiger partial charge in [0.05, 0.1) is 28.5 Å². The summed E-state index contributed by atoms with van der Waals surface area (Å²) in [5.74, 6) is -1.80. The predicted molar refractivity (Wildman–Crippen MR) is 125 cm³/mol. The molecule has 1 aromatic rings. The molecule has 1 amide bonds. The van der Waals surface area contributed by atoms with Gasteiger partial charge in [0.1, 0.15) is 4.90 Å². The van der Waals surface area contributed by atoms with Crippen LogP contribution in [-0.4, -0.2) is 74.9 Å². The molecule has 2 saturated heterocycles. The predicted octanol–water partition coefficient (Wildman–Crippen LogP) is 2.74. The third-order valence-electron chi connectivity index (χ3n) is 6.11. The van der Waals surface area contributed by atoms with E-state index in [0.29, 0.717) is 32.5 Å². The summed E-state index contributed by atoms with van der Waals surface area (Å²) in [4.78, 5) is 38.1. The van der Waals surface area contributed by atoms with Gasteiger partial charge in [-0.05, 0) is 44.7 Å². The van der Waals surface area contributed by atoms with E-state index in [1.54, 1.807) is 17.9 Å². The van der Waals surface area contributed by atoms with Crippen LogP contribution in [0.1, 0.15) is 32.6 Å². The van der Waals surface area contributed by atoms with Crippen molar-refractivity contribution in [3.05, 3.63) is 28.2 Å². The van der Waals surface area contributed by atoms with E-state index in [2.05, 4.69) is 0 Å². The maximum absolute atomic E-state index is 13.0. The molecule has 2 fully saturated rings. The average Bonchev–Trinajstić information content (AvgIpc) is 2.82. The summed E-state index contributed by atoms with van der Waals surface area (Å²) in [5, 5.41) is 0.0812. The molecule has 1 aromatic carbocycles. The molecule has 2 heterocycles. The van der Waals surface area contributed by atoms with Gasteiger partial charge in [-0.25, -0.2) is 8.42 Å². The number of carbonyl (C=O) groups excluding carboxylic acids is 3. The zero-order chi connectivity index (χ0) is 24.9. The number of carbonyl (C=O) groups is 3. The van der Waals surface area contributed by atoms with Crippen molar-refractivity contribution in [2.75, 3.05) is 39.4 Å². The Morgan fingerprint density at radius 2 is 1.41 bits per heavy atom. The first kappa shape index (κ1) is 26.7. The van der Waals surface area contributed by atoms with Crippen molar-refractivity contribution in [2.45, 2.75) is 37.5 Å². The van der Waals surface area contributed by atoms with Crippen LogP contribution in [0.5, 0.6) is 0 Å². The smallest absolute Gasteiger partial charge is 0.309 e. The van der Waals surface area contributed by atoms with Gasteiger partial charge in [0, 0.05) is 26.2 Å². The second-order valence-electron chi connectivity index (χ2n) is 8.24. The molecule has 2 aliphatic rings. The number of nitrogens with zero attached hydrogens (tertiary/aromatic N) is 2. The number of piperidine rings is 2. The highest BCUT2D eigenvalue weighted by Gasteiger charge is 2.35. The lowest BCUT2D eigenvalue weighted by atomic mass is 9.97. The topological polar surface area (TPSA) is 110 Å². The molecule has 0 spiro atoms. The van der Waals surface area contributed by atoms with Crippen LogP contribution in [0.2, 0.25) is 10.0 Å². The highest BCUT2D eigenvalue weighted by Crippen LogP contribution is 2.33. The number of rotatable bonds is 7. The molecule has 0 unspecified atom stereocenters. The van der Waals surface area contributed by atoms with Crippen molar-refractivity contribution in [1.82, 2.24) is 9.21 Å². The first-order valence-electron chi connectivity index (χ1n) is 11.2. The molecular formula is C22H28Cl2N2O7S. The Kier molecular flexibility index (Phi) is 9.20. The minimum Gasteiger partial charge on any atom is -0.466 e. The Balaban J connectivity index is 1.45. The quantitative estimate of drug-likeness (QED) is 0.494. The summed E-state index contributed by atoms with van der Waals surface area (Å²) >= 11 is 12.1. The van der Waals surface area contributed by atoms with Gasteiger partial charge >= 0.3 is 11.9 Å². The van der Waals surface area contributed by atoms with E-state index < -0.39 is 21.9 Å². The van der Waals surface area contributed by atoms with E-state index in [4.69, 9.17) is 32.7 Å². The molecule has 0 saturated carbocycles. The van der Waals surface area contributed by atoms with Crippen molar-refractivity contribution in [1.29, 1.82) is 0 Å². The van der Waals surface area contributed by atoms with Gasteiger partial charge in [0.15, 0.2) is 6.61 Å². The summed E-state index contributed by atoms with van der Waals surface area (Å²) in [7, 11) is -3.90. The van der Waals surface area contributed by atoms with Gasteiger partial charge in [0.25, 0.3) is 5.91 Å². The second kappa shape index (κ2) is 11.7. The van der Waals surface area contributed by atoms with Crippen LogP contribution < -0.4 is 0 Å².